The molecule has 0 bridgehead atoms. The molecule has 40 heavy (non-hydrogen) atoms. The van der Waals surface area contributed by atoms with Crippen LogP contribution in [0.3, 0.4) is 0 Å². The highest BCUT2D eigenvalue weighted by Crippen LogP contribution is 2.32. The van der Waals surface area contributed by atoms with Crippen LogP contribution in [-0.4, -0.2) is 56.2 Å². The Bertz CT molecular complexity index is 1510. The first-order valence-corrected chi connectivity index (χ1v) is 13.1. The number of nitrogens with zero attached hydrogens (tertiary/aromatic N) is 5. The van der Waals surface area contributed by atoms with Gasteiger partial charge < -0.3 is 14.4 Å². The molecule has 1 atom stereocenters. The number of fused-ring (bicyclic) bond motifs is 1. The third-order valence-electron chi connectivity index (χ3n) is 7.45. The van der Waals surface area contributed by atoms with Crippen molar-refractivity contribution in [3.63, 3.8) is 0 Å². The van der Waals surface area contributed by atoms with Crippen LogP contribution < -0.4 is 0 Å². The Kier molecular flexibility index (Phi) is 7.46. The van der Waals surface area contributed by atoms with E-state index in [1.165, 1.54) is 11.0 Å². The summed E-state index contributed by atoms with van der Waals surface area (Å²) in [6.07, 6.45) is 2.04. The van der Waals surface area contributed by atoms with E-state index >= 15 is 0 Å². The number of nitro groups is 1. The van der Waals surface area contributed by atoms with E-state index in [9.17, 15) is 19.7 Å². The van der Waals surface area contributed by atoms with Gasteiger partial charge in [-0.25, -0.2) is 4.98 Å². The third-order valence-corrected chi connectivity index (χ3v) is 7.45. The molecule has 1 aliphatic rings. The van der Waals surface area contributed by atoms with E-state index < -0.39 is 12.0 Å². The molecule has 0 spiro atoms. The zero-order valence-corrected chi connectivity index (χ0v) is 22.7. The van der Waals surface area contributed by atoms with Crippen LogP contribution in [0.5, 0.6) is 0 Å². The second-order valence-electron chi connectivity index (χ2n) is 10.3. The van der Waals surface area contributed by atoms with Crippen LogP contribution in [-0.2, 0) is 29.1 Å². The lowest BCUT2D eigenvalue weighted by Gasteiger charge is -2.38. The molecule has 9 nitrogen and oxygen atoms in total. The summed E-state index contributed by atoms with van der Waals surface area (Å²) in [6.45, 7) is 2.38. The van der Waals surface area contributed by atoms with Gasteiger partial charge in [-0.3, -0.25) is 19.7 Å². The van der Waals surface area contributed by atoms with Crippen LogP contribution in [0.2, 0.25) is 0 Å². The second kappa shape index (κ2) is 11.1. The molecule has 0 fully saturated rings. The quantitative estimate of drug-likeness (QED) is 0.258. The number of carbonyl (C=O) groups excluding carboxylic acids is 2. The van der Waals surface area contributed by atoms with E-state index in [-0.39, 0.29) is 29.0 Å². The lowest BCUT2D eigenvalue weighted by molar-refractivity contribution is -0.385. The van der Waals surface area contributed by atoms with Gasteiger partial charge in [0.25, 0.3) is 5.69 Å². The van der Waals surface area contributed by atoms with Crippen molar-refractivity contribution in [3.05, 3.63) is 129 Å². The average Bonchev–Trinajstić information content (AvgIpc) is 3.34. The molecule has 1 aliphatic heterocycles. The lowest BCUT2D eigenvalue weighted by atomic mass is 9.88. The summed E-state index contributed by atoms with van der Waals surface area (Å²) < 4.78 is 1.97. The number of benzene rings is 3. The van der Waals surface area contributed by atoms with E-state index in [0.29, 0.717) is 18.5 Å². The van der Waals surface area contributed by atoms with Gasteiger partial charge in [0.2, 0.25) is 11.8 Å². The minimum Gasteiger partial charge on any atom is -0.347 e. The molecular formula is C31H31N5O4. The van der Waals surface area contributed by atoms with Crippen molar-refractivity contribution in [1.82, 2.24) is 19.4 Å². The zero-order chi connectivity index (χ0) is 28.4. The molecule has 2 heterocycles. The lowest BCUT2D eigenvalue weighted by Crippen LogP contribution is -2.53. The number of aromatic nitrogens is 2. The number of nitro benzene ring substituents is 1. The van der Waals surface area contributed by atoms with Crippen molar-refractivity contribution in [2.75, 3.05) is 14.1 Å². The number of rotatable bonds is 7. The Morgan fingerprint density at radius 3 is 2.20 bits per heavy atom. The Morgan fingerprint density at radius 1 is 1.02 bits per heavy atom. The highest BCUT2D eigenvalue weighted by Gasteiger charge is 2.40. The molecule has 2 amide bonds. The van der Waals surface area contributed by atoms with Crippen molar-refractivity contribution in [1.29, 1.82) is 0 Å². The SMILES string of the molecule is Cc1cc(Cn2cnc3c2C[C@@H](C(=O)N(C)C)N(C(=O)C(c2ccccc2)c2ccccc2)C3)ccc1[N+](=O)[O-]. The zero-order valence-electron chi connectivity index (χ0n) is 22.7. The summed E-state index contributed by atoms with van der Waals surface area (Å²) in [4.78, 5) is 46.5. The minimum atomic E-state index is -0.695. The monoisotopic (exact) mass is 537 g/mol. The van der Waals surface area contributed by atoms with Crippen molar-refractivity contribution in [2.45, 2.75) is 38.4 Å². The predicted molar refractivity (Wildman–Crippen MR) is 151 cm³/mol. The Labute approximate surface area is 232 Å². The molecule has 0 unspecified atom stereocenters. The summed E-state index contributed by atoms with van der Waals surface area (Å²) >= 11 is 0. The topological polar surface area (TPSA) is 102 Å². The number of aryl methyl sites for hydroxylation is 1. The fraction of sp³-hybridized carbons (Fsp3) is 0.258. The first kappa shape index (κ1) is 26.8. The molecule has 0 radical (unpaired) electrons. The molecule has 5 rings (SSSR count). The van der Waals surface area contributed by atoms with E-state index in [2.05, 4.69) is 4.98 Å². The number of hydrogen-bond donors (Lipinski definition) is 0. The van der Waals surface area contributed by atoms with Gasteiger partial charge in [-0.05, 0) is 29.7 Å². The summed E-state index contributed by atoms with van der Waals surface area (Å²) in [5, 5.41) is 11.2. The Morgan fingerprint density at radius 2 is 1.65 bits per heavy atom. The number of imidazole rings is 1. The van der Waals surface area contributed by atoms with E-state index in [1.807, 2.05) is 65.2 Å². The Hall–Kier alpha value is -4.79. The minimum absolute atomic E-state index is 0.0774. The van der Waals surface area contributed by atoms with Crippen molar-refractivity contribution in [2.24, 2.45) is 0 Å². The van der Waals surface area contributed by atoms with E-state index in [4.69, 9.17) is 0 Å². The second-order valence-corrected chi connectivity index (χ2v) is 10.3. The maximum absolute atomic E-state index is 14.3. The molecule has 3 aromatic carbocycles. The van der Waals surface area contributed by atoms with Crippen LogP contribution >= 0.6 is 0 Å². The van der Waals surface area contributed by atoms with Crippen LogP contribution in [0.1, 0.15) is 39.6 Å². The molecule has 204 valence electrons. The van der Waals surface area contributed by atoms with Crippen LogP contribution in [0.25, 0.3) is 0 Å². The van der Waals surface area contributed by atoms with E-state index in [1.54, 1.807) is 44.4 Å². The van der Waals surface area contributed by atoms with Crippen LogP contribution in [0, 0.1) is 17.0 Å². The van der Waals surface area contributed by atoms with Crippen LogP contribution in [0.4, 0.5) is 5.69 Å². The number of likely N-dealkylation sites (N-methyl/N-ethyl adjacent to an activating group) is 1. The average molecular weight is 538 g/mol. The largest absolute Gasteiger partial charge is 0.347 e. The standard InChI is InChI=1S/C31H31N5O4/c1-21-16-22(14-15-26(21)36(39)40)18-34-20-32-25-19-35(28(17-27(25)34)30(37)33(2)3)31(38)29(23-10-6-4-7-11-23)24-12-8-5-9-13-24/h4-16,20,28-29H,17-19H2,1-3H3/t28-/m0/s1. The molecule has 9 heteroatoms. The van der Waals surface area contributed by atoms with Gasteiger partial charge in [-0.2, -0.15) is 0 Å². The predicted octanol–water partition coefficient (Wildman–Crippen LogP) is 4.32. The van der Waals surface area contributed by atoms with Gasteiger partial charge in [-0.1, -0.05) is 66.7 Å². The normalized spacial score (nSPS) is 14.6. The fourth-order valence-corrected chi connectivity index (χ4v) is 5.42. The van der Waals surface area contributed by atoms with Gasteiger partial charge in [0, 0.05) is 44.4 Å². The first-order valence-electron chi connectivity index (χ1n) is 13.1. The van der Waals surface area contributed by atoms with Gasteiger partial charge in [-0.15, -0.1) is 0 Å². The van der Waals surface area contributed by atoms with Crippen molar-refractivity contribution >= 4 is 17.5 Å². The van der Waals surface area contributed by atoms with Gasteiger partial charge >= 0.3 is 0 Å². The Balaban J connectivity index is 1.50. The fourth-order valence-electron chi connectivity index (χ4n) is 5.42. The number of carbonyl (C=O) groups is 2. The van der Waals surface area contributed by atoms with E-state index in [0.717, 1.165) is 28.1 Å². The summed E-state index contributed by atoms with van der Waals surface area (Å²) in [7, 11) is 3.40. The van der Waals surface area contributed by atoms with Crippen molar-refractivity contribution < 1.29 is 14.5 Å². The summed E-state index contributed by atoms with van der Waals surface area (Å²) in [5.74, 6) is -0.867. The molecule has 1 aromatic heterocycles. The smallest absolute Gasteiger partial charge is 0.272 e. The molecule has 0 aliphatic carbocycles. The molecule has 4 aromatic rings. The highest BCUT2D eigenvalue weighted by molar-refractivity contribution is 5.93. The van der Waals surface area contributed by atoms with Gasteiger partial charge in [0.05, 0.1) is 29.4 Å². The highest BCUT2D eigenvalue weighted by atomic mass is 16.6. The number of amides is 2. The molecule has 0 saturated carbocycles. The number of hydrogen-bond acceptors (Lipinski definition) is 5. The first-order chi connectivity index (χ1) is 19.2. The molecule has 0 saturated heterocycles. The molecule has 0 N–H and O–H groups in total. The molecular weight excluding hydrogens is 506 g/mol. The summed E-state index contributed by atoms with van der Waals surface area (Å²) in [6, 6.07) is 23.6. The van der Waals surface area contributed by atoms with Gasteiger partial charge in [0.15, 0.2) is 0 Å². The maximum Gasteiger partial charge on any atom is 0.272 e. The van der Waals surface area contributed by atoms with Crippen molar-refractivity contribution in [3.8, 4) is 0 Å². The third kappa shape index (κ3) is 5.22. The maximum atomic E-state index is 14.3. The van der Waals surface area contributed by atoms with Crippen LogP contribution in [0.15, 0.2) is 85.2 Å². The van der Waals surface area contributed by atoms with Gasteiger partial charge in [0.1, 0.15) is 6.04 Å². The summed E-state index contributed by atoms with van der Waals surface area (Å²) in [5.41, 5.74) is 4.91.